The molecule has 0 aromatic heterocycles. The fraction of sp³-hybridized carbons (Fsp3) is 0.571. The molecular weight excluding hydrogens is 344 g/mol. The number of amides is 2. The highest BCUT2D eigenvalue weighted by atomic mass is 16.5. The van der Waals surface area contributed by atoms with Crippen molar-refractivity contribution in [1.29, 1.82) is 0 Å². The number of carbonyl (C=O) groups excluding carboxylic acids is 3. The Kier molecular flexibility index (Phi) is 5.95. The summed E-state index contributed by atoms with van der Waals surface area (Å²) in [7, 11) is 0. The molecule has 0 bridgehead atoms. The van der Waals surface area contributed by atoms with Gasteiger partial charge in [0.1, 0.15) is 0 Å². The van der Waals surface area contributed by atoms with E-state index in [-0.39, 0.29) is 30.1 Å². The second-order valence-electron chi connectivity index (χ2n) is 7.62. The van der Waals surface area contributed by atoms with Crippen LogP contribution in [0.4, 0.5) is 5.69 Å². The van der Waals surface area contributed by atoms with Crippen molar-refractivity contribution in [2.24, 2.45) is 5.92 Å². The molecule has 2 aliphatic heterocycles. The summed E-state index contributed by atoms with van der Waals surface area (Å²) in [4.78, 5) is 40.9. The Hall–Kier alpha value is -2.21. The molecule has 0 saturated carbocycles. The number of nitrogens with zero attached hydrogens (tertiary/aromatic N) is 2. The molecule has 2 amide bonds. The molecule has 0 unspecified atom stereocenters. The molecule has 6 heteroatoms. The smallest absolute Gasteiger partial charge is 0.310 e. The number of imide groups is 1. The number of rotatable bonds is 5. The first-order valence-electron chi connectivity index (χ1n) is 9.79. The minimum atomic E-state index is -0.487. The molecule has 27 heavy (non-hydrogen) atoms. The van der Waals surface area contributed by atoms with Gasteiger partial charge < -0.3 is 4.74 Å². The first kappa shape index (κ1) is 19.5. The Morgan fingerprint density at radius 3 is 2.56 bits per heavy atom. The number of hydrogen-bond acceptors (Lipinski definition) is 5. The second kappa shape index (κ2) is 8.21. The lowest BCUT2D eigenvalue weighted by molar-refractivity contribution is -0.150. The maximum absolute atomic E-state index is 13.0. The normalized spacial score (nSPS) is 23.9. The van der Waals surface area contributed by atoms with Crippen molar-refractivity contribution in [3.05, 3.63) is 29.8 Å². The molecule has 1 aromatic carbocycles. The summed E-state index contributed by atoms with van der Waals surface area (Å²) in [6.45, 7) is 7.56. The summed E-state index contributed by atoms with van der Waals surface area (Å²) >= 11 is 0. The van der Waals surface area contributed by atoms with Gasteiger partial charge in [0.2, 0.25) is 5.91 Å². The molecule has 146 valence electrons. The zero-order valence-corrected chi connectivity index (χ0v) is 16.3. The predicted octanol–water partition coefficient (Wildman–Crippen LogP) is 2.72. The van der Waals surface area contributed by atoms with Crippen molar-refractivity contribution in [1.82, 2.24) is 4.90 Å². The summed E-state index contributed by atoms with van der Waals surface area (Å²) < 4.78 is 5.13. The van der Waals surface area contributed by atoms with Crippen molar-refractivity contribution < 1.29 is 19.1 Å². The highest BCUT2D eigenvalue weighted by molar-refractivity contribution is 6.22. The van der Waals surface area contributed by atoms with E-state index in [9.17, 15) is 14.4 Å². The van der Waals surface area contributed by atoms with Gasteiger partial charge in [-0.3, -0.25) is 19.3 Å². The van der Waals surface area contributed by atoms with E-state index < -0.39 is 6.04 Å². The molecule has 2 aliphatic rings. The summed E-state index contributed by atoms with van der Waals surface area (Å²) in [6.07, 6.45) is 1.76. The van der Waals surface area contributed by atoms with Crippen molar-refractivity contribution in [3.8, 4) is 0 Å². The number of piperidine rings is 1. The average Bonchev–Trinajstić information content (AvgIpc) is 2.96. The Labute approximate surface area is 160 Å². The van der Waals surface area contributed by atoms with Gasteiger partial charge in [0.25, 0.3) is 5.91 Å². The third-order valence-electron chi connectivity index (χ3n) is 5.45. The molecule has 2 atom stereocenters. The fourth-order valence-electron chi connectivity index (χ4n) is 3.92. The van der Waals surface area contributed by atoms with Gasteiger partial charge in [0.05, 0.1) is 30.7 Å². The van der Waals surface area contributed by atoms with Crippen LogP contribution in [-0.4, -0.2) is 48.4 Å². The van der Waals surface area contributed by atoms with Crippen molar-refractivity contribution >= 4 is 23.5 Å². The van der Waals surface area contributed by atoms with Gasteiger partial charge in [-0.1, -0.05) is 26.0 Å². The van der Waals surface area contributed by atoms with Crippen molar-refractivity contribution in [2.75, 3.05) is 24.6 Å². The van der Waals surface area contributed by atoms with Crippen LogP contribution in [0.15, 0.2) is 24.3 Å². The predicted molar refractivity (Wildman–Crippen MR) is 102 cm³/mol. The number of carbonyl (C=O) groups is 3. The van der Waals surface area contributed by atoms with Crippen LogP contribution in [0, 0.1) is 5.92 Å². The molecule has 0 spiro atoms. The van der Waals surface area contributed by atoms with E-state index in [4.69, 9.17) is 4.74 Å². The van der Waals surface area contributed by atoms with E-state index in [1.807, 2.05) is 29.2 Å². The first-order valence-corrected chi connectivity index (χ1v) is 9.79. The zero-order chi connectivity index (χ0) is 19.6. The van der Waals surface area contributed by atoms with Gasteiger partial charge in [-0.2, -0.15) is 0 Å². The van der Waals surface area contributed by atoms with E-state index in [1.165, 1.54) is 10.5 Å². The van der Waals surface area contributed by atoms with Crippen LogP contribution in [0.2, 0.25) is 0 Å². The van der Waals surface area contributed by atoms with Gasteiger partial charge in [0, 0.05) is 6.54 Å². The second-order valence-corrected chi connectivity index (χ2v) is 7.62. The minimum absolute atomic E-state index is 0.167. The van der Waals surface area contributed by atoms with Gasteiger partial charge in [-0.05, 0) is 49.9 Å². The maximum Gasteiger partial charge on any atom is 0.310 e. The lowest BCUT2D eigenvalue weighted by atomic mass is 9.96. The van der Waals surface area contributed by atoms with Crippen LogP contribution in [0.1, 0.15) is 51.5 Å². The first-order chi connectivity index (χ1) is 12.9. The van der Waals surface area contributed by atoms with Gasteiger partial charge in [-0.15, -0.1) is 0 Å². The summed E-state index contributed by atoms with van der Waals surface area (Å²) in [5, 5.41) is 0. The monoisotopic (exact) mass is 372 g/mol. The van der Waals surface area contributed by atoms with E-state index in [2.05, 4.69) is 13.8 Å². The van der Waals surface area contributed by atoms with Gasteiger partial charge in [0.15, 0.2) is 0 Å². The quantitative estimate of drug-likeness (QED) is 0.587. The molecule has 2 saturated heterocycles. The minimum Gasteiger partial charge on any atom is -0.466 e. The lowest BCUT2D eigenvalue weighted by Gasteiger charge is -2.34. The molecule has 6 nitrogen and oxygen atoms in total. The number of ether oxygens (including phenoxy) is 1. The summed E-state index contributed by atoms with van der Waals surface area (Å²) in [5.74, 6) is -0.409. The molecule has 0 radical (unpaired) electrons. The molecule has 3 rings (SSSR count). The average molecular weight is 372 g/mol. The van der Waals surface area contributed by atoms with E-state index >= 15 is 0 Å². The molecular formula is C21H28N2O4. The largest absolute Gasteiger partial charge is 0.466 e. The van der Waals surface area contributed by atoms with Crippen LogP contribution in [0.25, 0.3) is 0 Å². The lowest BCUT2D eigenvalue weighted by Crippen LogP contribution is -2.48. The Morgan fingerprint density at radius 2 is 1.93 bits per heavy atom. The van der Waals surface area contributed by atoms with Gasteiger partial charge in [-0.25, -0.2) is 4.90 Å². The number of benzene rings is 1. The standard InChI is InChI=1S/C21H28N2O4/c1-4-27-21(26)16-6-5-11-22(13-16)18-12-19(24)23(20(18)25)17-9-7-15(8-10-17)14(2)3/h7-10,14,16,18H,4-6,11-13H2,1-3H3/t16-,18-/m1/s1. The van der Waals surface area contributed by atoms with Crippen LogP contribution in [0.3, 0.4) is 0 Å². The van der Waals surface area contributed by atoms with Crippen LogP contribution >= 0.6 is 0 Å². The SMILES string of the molecule is CCOC(=O)[C@@H]1CCCN([C@@H]2CC(=O)N(c3ccc(C(C)C)cc3)C2=O)C1. The molecule has 1 aromatic rings. The fourth-order valence-corrected chi connectivity index (χ4v) is 3.92. The van der Waals surface area contributed by atoms with Crippen molar-refractivity contribution in [3.63, 3.8) is 0 Å². The Bertz CT molecular complexity index is 713. The number of esters is 1. The molecule has 0 N–H and O–H groups in total. The van der Waals surface area contributed by atoms with E-state index in [0.29, 0.717) is 24.8 Å². The van der Waals surface area contributed by atoms with Crippen LogP contribution < -0.4 is 4.90 Å². The highest BCUT2D eigenvalue weighted by Gasteiger charge is 2.44. The molecule has 2 fully saturated rings. The van der Waals surface area contributed by atoms with Crippen LogP contribution in [-0.2, 0) is 19.1 Å². The zero-order valence-electron chi connectivity index (χ0n) is 16.3. The van der Waals surface area contributed by atoms with E-state index in [0.717, 1.165) is 19.4 Å². The van der Waals surface area contributed by atoms with Crippen molar-refractivity contribution in [2.45, 2.75) is 52.0 Å². The topological polar surface area (TPSA) is 66.9 Å². The Morgan fingerprint density at radius 1 is 1.22 bits per heavy atom. The van der Waals surface area contributed by atoms with Gasteiger partial charge >= 0.3 is 5.97 Å². The summed E-state index contributed by atoms with van der Waals surface area (Å²) in [6, 6.07) is 7.12. The third kappa shape index (κ3) is 4.05. The maximum atomic E-state index is 13.0. The Balaban J connectivity index is 1.72. The highest BCUT2D eigenvalue weighted by Crippen LogP contribution is 2.30. The van der Waals surface area contributed by atoms with E-state index in [1.54, 1.807) is 6.92 Å². The number of anilines is 1. The summed E-state index contributed by atoms with van der Waals surface area (Å²) in [5.41, 5.74) is 1.79. The number of likely N-dealkylation sites (tertiary alicyclic amines) is 1. The number of hydrogen-bond donors (Lipinski definition) is 0. The molecule has 2 heterocycles. The molecule has 0 aliphatic carbocycles. The van der Waals surface area contributed by atoms with Crippen LogP contribution in [0.5, 0.6) is 0 Å². The third-order valence-corrected chi connectivity index (χ3v) is 5.45.